The molecule has 1 fully saturated rings. The number of amides is 1. The molecule has 3 heterocycles. The largest absolute Gasteiger partial charge is 0.464 e. The van der Waals surface area contributed by atoms with E-state index in [1.54, 1.807) is 6.20 Å². The van der Waals surface area contributed by atoms with Crippen LogP contribution in [0, 0.1) is 6.92 Å². The van der Waals surface area contributed by atoms with E-state index in [1.165, 1.54) is 0 Å². The van der Waals surface area contributed by atoms with Gasteiger partial charge in [-0.3, -0.25) is 9.48 Å². The molecule has 0 N–H and O–H groups in total. The Morgan fingerprint density at radius 3 is 2.78 bits per heavy atom. The second kappa shape index (κ2) is 6.07. The average molecular weight is 333 g/mol. The van der Waals surface area contributed by atoms with E-state index in [-0.39, 0.29) is 17.5 Å². The van der Waals surface area contributed by atoms with E-state index in [0.29, 0.717) is 5.56 Å². The first-order valence-electron chi connectivity index (χ1n) is 7.86. The molecule has 0 radical (unpaired) electrons. The molecule has 124 valence electrons. The van der Waals surface area contributed by atoms with Crippen LogP contribution >= 0.6 is 11.8 Å². The zero-order valence-corrected chi connectivity index (χ0v) is 14.9. The van der Waals surface area contributed by atoms with Crippen molar-refractivity contribution in [2.75, 3.05) is 18.1 Å². The van der Waals surface area contributed by atoms with Gasteiger partial charge in [-0.2, -0.15) is 16.9 Å². The molecule has 1 aliphatic heterocycles. The van der Waals surface area contributed by atoms with Gasteiger partial charge in [-0.1, -0.05) is 0 Å². The minimum absolute atomic E-state index is 0.00654. The van der Waals surface area contributed by atoms with Crippen LogP contribution in [0.1, 0.15) is 48.7 Å². The quantitative estimate of drug-likeness (QED) is 0.844. The number of furan rings is 1. The van der Waals surface area contributed by atoms with Gasteiger partial charge in [0.2, 0.25) is 0 Å². The van der Waals surface area contributed by atoms with Gasteiger partial charge in [0.15, 0.2) is 0 Å². The average Bonchev–Trinajstić information content (AvgIpc) is 3.15. The van der Waals surface area contributed by atoms with Crippen molar-refractivity contribution in [3.05, 3.63) is 41.6 Å². The third-order valence-corrected chi connectivity index (χ3v) is 5.02. The van der Waals surface area contributed by atoms with Crippen molar-refractivity contribution in [2.45, 2.75) is 39.3 Å². The smallest absolute Gasteiger partial charge is 0.257 e. The van der Waals surface area contributed by atoms with Gasteiger partial charge in [0, 0.05) is 24.2 Å². The van der Waals surface area contributed by atoms with Gasteiger partial charge < -0.3 is 9.32 Å². The summed E-state index contributed by atoms with van der Waals surface area (Å²) in [4.78, 5) is 14.9. The molecule has 1 amide bonds. The van der Waals surface area contributed by atoms with Crippen LogP contribution in [0.4, 0.5) is 0 Å². The summed E-state index contributed by atoms with van der Waals surface area (Å²) in [5, 5.41) is 4.35. The predicted octanol–water partition coefficient (Wildman–Crippen LogP) is 3.47. The molecule has 0 bridgehead atoms. The highest BCUT2D eigenvalue weighted by atomic mass is 32.2. The summed E-state index contributed by atoms with van der Waals surface area (Å²) < 4.78 is 7.61. The number of aromatic nitrogens is 2. The van der Waals surface area contributed by atoms with Crippen LogP contribution in [0.5, 0.6) is 0 Å². The first-order chi connectivity index (χ1) is 10.9. The van der Waals surface area contributed by atoms with E-state index in [0.717, 1.165) is 29.6 Å². The molecule has 1 aliphatic rings. The van der Waals surface area contributed by atoms with Crippen LogP contribution in [0.25, 0.3) is 0 Å². The van der Waals surface area contributed by atoms with E-state index in [1.807, 2.05) is 46.6 Å². The maximum absolute atomic E-state index is 13.0. The van der Waals surface area contributed by atoms with E-state index >= 15 is 0 Å². The van der Waals surface area contributed by atoms with Crippen molar-refractivity contribution in [3.63, 3.8) is 0 Å². The van der Waals surface area contributed by atoms with Gasteiger partial charge in [-0.05, 0) is 39.8 Å². The number of hydrogen-bond donors (Lipinski definition) is 0. The highest BCUT2D eigenvalue weighted by Crippen LogP contribution is 2.32. The van der Waals surface area contributed by atoms with Gasteiger partial charge in [-0.25, -0.2) is 0 Å². The Bertz CT molecular complexity index is 699. The first-order valence-corrected chi connectivity index (χ1v) is 9.02. The highest BCUT2D eigenvalue weighted by Gasteiger charge is 2.32. The van der Waals surface area contributed by atoms with Gasteiger partial charge in [0.05, 0.1) is 23.3 Å². The number of hydrogen-bond acceptors (Lipinski definition) is 4. The molecule has 1 atom stereocenters. The third-order valence-electron chi connectivity index (χ3n) is 4.00. The molecular weight excluding hydrogens is 310 g/mol. The molecule has 0 saturated carbocycles. The Hall–Kier alpha value is -1.69. The molecule has 0 aromatic carbocycles. The number of rotatable bonds is 2. The molecule has 5 nitrogen and oxygen atoms in total. The second-order valence-electron chi connectivity index (χ2n) is 6.88. The minimum Gasteiger partial charge on any atom is -0.464 e. The topological polar surface area (TPSA) is 51.3 Å². The number of carbonyl (C=O) groups excluding carboxylic acids is 1. The van der Waals surface area contributed by atoms with Crippen molar-refractivity contribution in [3.8, 4) is 0 Å². The van der Waals surface area contributed by atoms with Crippen molar-refractivity contribution < 1.29 is 9.21 Å². The van der Waals surface area contributed by atoms with Crippen molar-refractivity contribution in [1.82, 2.24) is 14.7 Å². The predicted molar refractivity (Wildman–Crippen MR) is 91.8 cm³/mol. The first kappa shape index (κ1) is 16.2. The van der Waals surface area contributed by atoms with E-state index in [4.69, 9.17) is 4.42 Å². The fourth-order valence-corrected chi connectivity index (χ4v) is 3.74. The molecule has 2 aromatic rings. The summed E-state index contributed by atoms with van der Waals surface area (Å²) in [5.74, 6) is 3.59. The Morgan fingerprint density at radius 2 is 2.17 bits per heavy atom. The van der Waals surface area contributed by atoms with Crippen LogP contribution < -0.4 is 0 Å². The fourth-order valence-electron chi connectivity index (χ4n) is 2.68. The molecular formula is C17H23N3O2S. The Labute approximate surface area is 141 Å². The lowest BCUT2D eigenvalue weighted by Gasteiger charge is -2.34. The molecule has 1 saturated heterocycles. The van der Waals surface area contributed by atoms with Crippen molar-refractivity contribution in [2.24, 2.45) is 0 Å². The van der Waals surface area contributed by atoms with Crippen molar-refractivity contribution >= 4 is 17.7 Å². The second-order valence-corrected chi connectivity index (χ2v) is 8.03. The van der Waals surface area contributed by atoms with E-state index in [2.05, 4.69) is 25.9 Å². The zero-order valence-electron chi connectivity index (χ0n) is 14.1. The highest BCUT2D eigenvalue weighted by molar-refractivity contribution is 7.99. The molecule has 3 rings (SSSR count). The van der Waals surface area contributed by atoms with Gasteiger partial charge in [0.25, 0.3) is 5.91 Å². The minimum atomic E-state index is -0.131. The monoisotopic (exact) mass is 333 g/mol. The summed E-state index contributed by atoms with van der Waals surface area (Å²) in [5.41, 5.74) is 0.508. The van der Waals surface area contributed by atoms with E-state index in [9.17, 15) is 4.79 Å². The molecule has 2 aromatic heterocycles. The summed E-state index contributed by atoms with van der Waals surface area (Å²) in [6.07, 6.45) is 3.51. The van der Waals surface area contributed by atoms with Crippen molar-refractivity contribution in [1.29, 1.82) is 0 Å². The Kier molecular flexibility index (Phi) is 4.27. The van der Waals surface area contributed by atoms with Crippen LogP contribution in [0.3, 0.4) is 0 Å². The maximum atomic E-state index is 13.0. The van der Waals surface area contributed by atoms with E-state index < -0.39 is 0 Å². The number of thioether (sulfide) groups is 1. The van der Waals surface area contributed by atoms with Gasteiger partial charge in [-0.15, -0.1) is 0 Å². The van der Waals surface area contributed by atoms with Crippen LogP contribution in [-0.4, -0.2) is 38.6 Å². The lowest BCUT2D eigenvalue weighted by atomic mass is 10.1. The summed E-state index contributed by atoms with van der Waals surface area (Å²) in [7, 11) is 0. The number of nitrogens with zero attached hydrogens (tertiary/aromatic N) is 3. The number of carbonyl (C=O) groups is 1. The molecule has 0 aliphatic carbocycles. The lowest BCUT2D eigenvalue weighted by molar-refractivity contribution is 0.0681. The SMILES string of the molecule is Cc1ccc([C@@H]2CSCCN2C(=O)c2cnn(C(C)(C)C)c2)o1. The number of aryl methyl sites for hydroxylation is 1. The standard InChI is InChI=1S/C17H23N3O2S/c1-12-5-6-15(22-12)14-11-23-8-7-19(14)16(21)13-9-18-20(10-13)17(2,3)4/h5-6,9-10,14H,7-8,11H2,1-4H3/t14-/m0/s1. The maximum Gasteiger partial charge on any atom is 0.257 e. The summed E-state index contributed by atoms with van der Waals surface area (Å²) >= 11 is 1.86. The fraction of sp³-hybridized carbons (Fsp3) is 0.529. The van der Waals surface area contributed by atoms with Crippen LogP contribution in [-0.2, 0) is 5.54 Å². The lowest BCUT2D eigenvalue weighted by Crippen LogP contribution is -2.40. The summed E-state index contributed by atoms with van der Waals surface area (Å²) in [6.45, 7) is 8.87. The van der Waals surface area contributed by atoms with Gasteiger partial charge in [0.1, 0.15) is 11.5 Å². The van der Waals surface area contributed by atoms with Gasteiger partial charge >= 0.3 is 0 Å². The normalized spacial score (nSPS) is 19.1. The zero-order chi connectivity index (χ0) is 16.6. The molecule has 0 unspecified atom stereocenters. The van der Waals surface area contributed by atoms with Crippen LogP contribution in [0.15, 0.2) is 28.9 Å². The third kappa shape index (κ3) is 3.32. The van der Waals surface area contributed by atoms with Crippen LogP contribution in [0.2, 0.25) is 0 Å². The molecule has 23 heavy (non-hydrogen) atoms. The Balaban J connectivity index is 1.85. The molecule has 6 heteroatoms. The summed E-state index contributed by atoms with van der Waals surface area (Å²) in [6, 6.07) is 3.92. The molecule has 0 spiro atoms. The Morgan fingerprint density at radius 1 is 1.39 bits per heavy atom.